The van der Waals surface area contributed by atoms with Gasteiger partial charge in [0.25, 0.3) is 0 Å². The SMILES string of the molecule is CC(C)C(=O)N[C@@]1(C)C[C@@H](c2ccc(F)cc2)O[C@@H](c2cccc(Br)c2)C1. The van der Waals surface area contributed by atoms with Gasteiger partial charge in [-0.2, -0.15) is 0 Å². The van der Waals surface area contributed by atoms with E-state index in [1.165, 1.54) is 12.1 Å². The van der Waals surface area contributed by atoms with Crippen LogP contribution in [0.25, 0.3) is 0 Å². The van der Waals surface area contributed by atoms with E-state index in [9.17, 15) is 9.18 Å². The van der Waals surface area contributed by atoms with Crippen LogP contribution in [0.3, 0.4) is 0 Å². The van der Waals surface area contributed by atoms with E-state index in [1.807, 2.05) is 38.1 Å². The number of ether oxygens (including phenoxy) is 1. The molecule has 3 nitrogen and oxygen atoms in total. The summed E-state index contributed by atoms with van der Waals surface area (Å²) in [7, 11) is 0. The fourth-order valence-electron chi connectivity index (χ4n) is 3.52. The van der Waals surface area contributed by atoms with Crippen molar-refractivity contribution >= 4 is 21.8 Å². The molecule has 1 saturated heterocycles. The highest BCUT2D eigenvalue weighted by Gasteiger charge is 2.40. The van der Waals surface area contributed by atoms with Gasteiger partial charge in [0.15, 0.2) is 0 Å². The molecule has 3 atom stereocenters. The second-order valence-electron chi connectivity index (χ2n) is 7.83. The fourth-order valence-corrected chi connectivity index (χ4v) is 3.93. The monoisotopic (exact) mass is 433 g/mol. The molecule has 5 heteroatoms. The molecule has 2 aromatic carbocycles. The van der Waals surface area contributed by atoms with Crippen molar-refractivity contribution in [3.8, 4) is 0 Å². The Bertz CT molecular complexity index is 808. The molecule has 0 aliphatic carbocycles. The predicted octanol–water partition coefficient (Wildman–Crippen LogP) is 5.71. The van der Waals surface area contributed by atoms with Crippen LogP contribution in [0.2, 0.25) is 0 Å². The number of carbonyl (C=O) groups is 1. The lowest BCUT2D eigenvalue weighted by molar-refractivity contribution is -0.131. The Morgan fingerprint density at radius 1 is 1.15 bits per heavy atom. The van der Waals surface area contributed by atoms with Crippen LogP contribution >= 0.6 is 15.9 Å². The van der Waals surface area contributed by atoms with Crippen LogP contribution < -0.4 is 5.32 Å². The standard InChI is InChI=1S/C22H25BrFNO2/c1-14(2)21(26)25-22(3)12-19(15-7-9-18(24)10-8-15)27-20(13-22)16-5-4-6-17(23)11-16/h4-11,14,19-20H,12-13H2,1-3H3,(H,25,26)/t19-,20+,22-/m0/s1. The van der Waals surface area contributed by atoms with Gasteiger partial charge in [-0.15, -0.1) is 0 Å². The average Bonchev–Trinajstić information content (AvgIpc) is 2.61. The summed E-state index contributed by atoms with van der Waals surface area (Å²) in [6.07, 6.45) is 0.936. The van der Waals surface area contributed by atoms with Gasteiger partial charge in [0, 0.05) is 28.8 Å². The first kappa shape index (κ1) is 20.0. The molecule has 1 heterocycles. The van der Waals surface area contributed by atoms with Crippen molar-refractivity contribution in [1.29, 1.82) is 0 Å². The highest BCUT2D eigenvalue weighted by molar-refractivity contribution is 9.10. The van der Waals surface area contributed by atoms with Gasteiger partial charge in [0.1, 0.15) is 5.82 Å². The van der Waals surface area contributed by atoms with Gasteiger partial charge in [-0.1, -0.05) is 54.0 Å². The zero-order chi connectivity index (χ0) is 19.6. The summed E-state index contributed by atoms with van der Waals surface area (Å²) in [6.45, 7) is 5.85. The Balaban J connectivity index is 1.92. The molecule has 144 valence electrons. The third-order valence-corrected chi connectivity index (χ3v) is 5.51. The summed E-state index contributed by atoms with van der Waals surface area (Å²) >= 11 is 3.52. The van der Waals surface area contributed by atoms with E-state index in [2.05, 4.69) is 28.2 Å². The maximum Gasteiger partial charge on any atom is 0.222 e. The van der Waals surface area contributed by atoms with Crippen molar-refractivity contribution in [2.24, 2.45) is 5.92 Å². The predicted molar refractivity (Wildman–Crippen MR) is 108 cm³/mol. The quantitative estimate of drug-likeness (QED) is 0.669. The minimum atomic E-state index is -0.411. The Labute approximate surface area is 168 Å². The first-order chi connectivity index (χ1) is 12.8. The molecule has 1 aliphatic rings. The number of rotatable bonds is 4. The topological polar surface area (TPSA) is 38.3 Å². The molecule has 1 N–H and O–H groups in total. The van der Waals surface area contributed by atoms with E-state index >= 15 is 0 Å². The number of hydrogen-bond donors (Lipinski definition) is 1. The van der Waals surface area contributed by atoms with Crippen molar-refractivity contribution in [1.82, 2.24) is 5.32 Å². The Kier molecular flexibility index (Phi) is 6.02. The number of halogens is 2. The minimum absolute atomic E-state index is 0.0326. The summed E-state index contributed by atoms with van der Waals surface area (Å²) in [4.78, 5) is 12.4. The van der Waals surface area contributed by atoms with Crippen molar-refractivity contribution in [2.75, 3.05) is 0 Å². The van der Waals surface area contributed by atoms with Crippen molar-refractivity contribution in [3.63, 3.8) is 0 Å². The van der Waals surface area contributed by atoms with Crippen molar-refractivity contribution in [3.05, 3.63) is 69.9 Å². The largest absolute Gasteiger partial charge is 0.365 e. The summed E-state index contributed by atoms with van der Waals surface area (Å²) in [5.74, 6) is -0.322. The van der Waals surface area contributed by atoms with E-state index in [0.29, 0.717) is 12.8 Å². The molecule has 3 rings (SSSR count). The maximum atomic E-state index is 13.3. The van der Waals surface area contributed by atoms with Gasteiger partial charge in [-0.05, 0) is 42.3 Å². The zero-order valence-electron chi connectivity index (χ0n) is 15.8. The van der Waals surface area contributed by atoms with Gasteiger partial charge in [-0.25, -0.2) is 4.39 Å². The van der Waals surface area contributed by atoms with E-state index < -0.39 is 5.54 Å². The molecule has 1 fully saturated rings. The average molecular weight is 434 g/mol. The number of nitrogens with one attached hydrogen (secondary N) is 1. The van der Waals surface area contributed by atoms with Gasteiger partial charge in [0.05, 0.1) is 12.2 Å². The zero-order valence-corrected chi connectivity index (χ0v) is 17.4. The molecule has 0 saturated carbocycles. The number of carbonyl (C=O) groups excluding carboxylic acids is 1. The lowest BCUT2D eigenvalue weighted by Crippen LogP contribution is -2.52. The van der Waals surface area contributed by atoms with Crippen LogP contribution in [0, 0.1) is 11.7 Å². The molecule has 1 amide bonds. The van der Waals surface area contributed by atoms with Gasteiger partial charge < -0.3 is 10.1 Å². The van der Waals surface area contributed by atoms with Gasteiger partial charge in [0.2, 0.25) is 5.91 Å². The number of hydrogen-bond acceptors (Lipinski definition) is 2. The van der Waals surface area contributed by atoms with Gasteiger partial charge >= 0.3 is 0 Å². The highest BCUT2D eigenvalue weighted by Crippen LogP contribution is 2.44. The summed E-state index contributed by atoms with van der Waals surface area (Å²) < 4.78 is 20.7. The maximum absolute atomic E-state index is 13.3. The van der Waals surface area contributed by atoms with Crippen molar-refractivity contribution < 1.29 is 13.9 Å². The molecule has 2 aromatic rings. The van der Waals surface area contributed by atoms with Crippen LogP contribution in [0.5, 0.6) is 0 Å². The first-order valence-electron chi connectivity index (χ1n) is 9.24. The molecule has 0 radical (unpaired) electrons. The van der Waals surface area contributed by atoms with E-state index in [4.69, 9.17) is 4.74 Å². The molecular formula is C22H25BrFNO2. The normalized spacial score (nSPS) is 25.4. The third-order valence-electron chi connectivity index (χ3n) is 5.01. The van der Waals surface area contributed by atoms with Crippen LogP contribution in [0.4, 0.5) is 4.39 Å². The van der Waals surface area contributed by atoms with E-state index in [1.54, 1.807) is 12.1 Å². The molecule has 27 heavy (non-hydrogen) atoms. The Hall–Kier alpha value is -1.72. The van der Waals surface area contributed by atoms with E-state index in [-0.39, 0.29) is 29.9 Å². The second-order valence-corrected chi connectivity index (χ2v) is 8.75. The molecular weight excluding hydrogens is 409 g/mol. The van der Waals surface area contributed by atoms with Crippen LogP contribution in [0.1, 0.15) is 56.9 Å². The van der Waals surface area contributed by atoms with Crippen LogP contribution in [0.15, 0.2) is 53.0 Å². The molecule has 0 aromatic heterocycles. The highest BCUT2D eigenvalue weighted by atomic mass is 79.9. The van der Waals surface area contributed by atoms with E-state index in [0.717, 1.165) is 15.6 Å². The fraction of sp³-hybridized carbons (Fsp3) is 0.409. The molecule has 0 bridgehead atoms. The minimum Gasteiger partial charge on any atom is -0.365 e. The number of amides is 1. The number of benzene rings is 2. The smallest absolute Gasteiger partial charge is 0.222 e. The van der Waals surface area contributed by atoms with Crippen LogP contribution in [-0.2, 0) is 9.53 Å². The Morgan fingerprint density at radius 2 is 1.78 bits per heavy atom. The summed E-state index contributed by atoms with van der Waals surface area (Å²) in [6, 6.07) is 14.5. The molecule has 0 unspecified atom stereocenters. The molecule has 0 spiro atoms. The molecule has 1 aliphatic heterocycles. The summed E-state index contributed by atoms with van der Waals surface area (Å²) in [5, 5.41) is 3.22. The van der Waals surface area contributed by atoms with Crippen LogP contribution in [-0.4, -0.2) is 11.4 Å². The first-order valence-corrected chi connectivity index (χ1v) is 10.0. The lowest BCUT2D eigenvalue weighted by Gasteiger charge is -2.43. The third kappa shape index (κ3) is 4.96. The second kappa shape index (κ2) is 8.11. The Morgan fingerprint density at radius 3 is 2.37 bits per heavy atom. The van der Waals surface area contributed by atoms with Gasteiger partial charge in [-0.3, -0.25) is 4.79 Å². The van der Waals surface area contributed by atoms with Crippen molar-refractivity contribution in [2.45, 2.75) is 51.4 Å². The lowest BCUT2D eigenvalue weighted by atomic mass is 9.81. The summed E-state index contributed by atoms with van der Waals surface area (Å²) in [5.41, 5.74) is 1.56.